The lowest BCUT2D eigenvalue weighted by molar-refractivity contribution is -0.206. The second-order valence-electron chi connectivity index (χ2n) is 3.23. The van der Waals surface area contributed by atoms with Gasteiger partial charge in [-0.1, -0.05) is 18.2 Å². The van der Waals surface area contributed by atoms with Gasteiger partial charge in [0.15, 0.2) is 6.10 Å². The Balaban J connectivity index is 2.56. The lowest BCUT2D eigenvalue weighted by Gasteiger charge is -2.15. The quantitative estimate of drug-likeness (QED) is 0.753. The van der Waals surface area contributed by atoms with Crippen molar-refractivity contribution in [3.05, 3.63) is 36.0 Å². The summed E-state index contributed by atoms with van der Waals surface area (Å²) in [5.41, 5.74) is 0.173. The molecular formula is C10H8F3NO. The first-order valence-electron chi connectivity index (χ1n) is 4.31. The molecule has 0 bridgehead atoms. The summed E-state index contributed by atoms with van der Waals surface area (Å²) in [6.45, 7) is 0. The molecule has 2 nitrogen and oxygen atoms in total. The van der Waals surface area contributed by atoms with E-state index >= 15 is 0 Å². The second kappa shape index (κ2) is 3.27. The first-order valence-corrected chi connectivity index (χ1v) is 4.31. The van der Waals surface area contributed by atoms with Gasteiger partial charge in [-0.15, -0.1) is 0 Å². The fraction of sp³-hybridized carbons (Fsp3) is 0.200. The van der Waals surface area contributed by atoms with Crippen LogP contribution >= 0.6 is 0 Å². The maximum atomic E-state index is 12.3. The molecule has 2 aromatic rings. The molecule has 0 aliphatic heterocycles. The monoisotopic (exact) mass is 215 g/mol. The lowest BCUT2D eigenvalue weighted by Crippen LogP contribution is -2.20. The number of hydrogen-bond donors (Lipinski definition) is 2. The minimum absolute atomic E-state index is 0.148. The van der Waals surface area contributed by atoms with Crippen molar-refractivity contribution >= 4 is 10.9 Å². The third-order valence-corrected chi connectivity index (χ3v) is 2.22. The highest BCUT2D eigenvalue weighted by Gasteiger charge is 2.40. The van der Waals surface area contributed by atoms with E-state index in [1.165, 1.54) is 18.3 Å². The first-order chi connectivity index (χ1) is 7.00. The zero-order valence-electron chi connectivity index (χ0n) is 7.55. The van der Waals surface area contributed by atoms with Gasteiger partial charge in [0.05, 0.1) is 5.52 Å². The Bertz CT molecular complexity index is 475. The molecule has 0 spiro atoms. The van der Waals surface area contributed by atoms with Gasteiger partial charge in [-0.2, -0.15) is 13.2 Å². The van der Waals surface area contributed by atoms with Crippen LogP contribution in [-0.4, -0.2) is 16.3 Å². The summed E-state index contributed by atoms with van der Waals surface area (Å²) in [6.07, 6.45) is -5.55. The van der Waals surface area contributed by atoms with E-state index in [-0.39, 0.29) is 5.56 Å². The lowest BCUT2D eigenvalue weighted by atomic mass is 10.1. The standard InChI is InChI=1S/C10H8F3NO/c11-10(12,13)9(15)7-3-1-2-6-4-5-14-8(6)7/h1-5,9,14-15H. The smallest absolute Gasteiger partial charge is 0.379 e. The number of halogens is 3. The maximum absolute atomic E-state index is 12.3. The third kappa shape index (κ3) is 1.70. The Kier molecular flexibility index (Phi) is 2.19. The normalized spacial score (nSPS) is 14.4. The average Bonchev–Trinajstić information content (AvgIpc) is 2.62. The molecule has 1 aromatic heterocycles. The van der Waals surface area contributed by atoms with Gasteiger partial charge in [0, 0.05) is 11.8 Å². The van der Waals surface area contributed by atoms with Crippen LogP contribution in [0.3, 0.4) is 0 Å². The van der Waals surface area contributed by atoms with Crippen molar-refractivity contribution in [2.75, 3.05) is 0 Å². The van der Waals surface area contributed by atoms with Gasteiger partial charge < -0.3 is 10.1 Å². The fourth-order valence-electron chi connectivity index (χ4n) is 1.51. The van der Waals surface area contributed by atoms with E-state index in [0.29, 0.717) is 10.9 Å². The van der Waals surface area contributed by atoms with Crippen LogP contribution in [-0.2, 0) is 0 Å². The third-order valence-electron chi connectivity index (χ3n) is 2.22. The average molecular weight is 215 g/mol. The largest absolute Gasteiger partial charge is 0.418 e. The van der Waals surface area contributed by atoms with Gasteiger partial charge in [0.25, 0.3) is 0 Å². The second-order valence-corrected chi connectivity index (χ2v) is 3.23. The van der Waals surface area contributed by atoms with Gasteiger partial charge in [-0.25, -0.2) is 0 Å². The number of para-hydroxylation sites is 1. The number of aromatic amines is 1. The maximum Gasteiger partial charge on any atom is 0.418 e. The topological polar surface area (TPSA) is 36.0 Å². The number of hydrogen-bond acceptors (Lipinski definition) is 1. The van der Waals surface area contributed by atoms with E-state index in [1.807, 2.05) is 0 Å². The molecule has 0 amide bonds. The summed E-state index contributed by atoms with van der Waals surface area (Å²) in [5, 5.41) is 9.78. The van der Waals surface area contributed by atoms with E-state index in [4.69, 9.17) is 5.11 Å². The number of fused-ring (bicyclic) bond motifs is 1. The fourth-order valence-corrected chi connectivity index (χ4v) is 1.51. The Labute approximate surface area is 83.3 Å². The summed E-state index contributed by atoms with van der Waals surface area (Å²) in [6, 6.07) is 6.08. The van der Waals surface area contributed by atoms with Crippen LogP contribution in [0, 0.1) is 0 Å². The summed E-state index contributed by atoms with van der Waals surface area (Å²) in [7, 11) is 0. The van der Waals surface area contributed by atoms with Crippen LogP contribution in [0.1, 0.15) is 11.7 Å². The highest BCUT2D eigenvalue weighted by Crippen LogP contribution is 2.35. The minimum Gasteiger partial charge on any atom is -0.379 e. The van der Waals surface area contributed by atoms with Crippen molar-refractivity contribution in [1.82, 2.24) is 4.98 Å². The Hall–Kier alpha value is -1.49. The zero-order valence-corrected chi connectivity index (χ0v) is 7.55. The molecule has 1 aromatic carbocycles. The van der Waals surface area contributed by atoms with Crippen molar-refractivity contribution in [2.45, 2.75) is 12.3 Å². The predicted octanol–water partition coefficient (Wildman–Crippen LogP) is 2.76. The zero-order chi connectivity index (χ0) is 11.1. The highest BCUT2D eigenvalue weighted by molar-refractivity contribution is 5.82. The molecular weight excluding hydrogens is 207 g/mol. The van der Waals surface area contributed by atoms with Crippen molar-refractivity contribution in [3.8, 4) is 0 Å². The van der Waals surface area contributed by atoms with Gasteiger partial charge in [-0.3, -0.25) is 0 Å². The summed E-state index contributed by atoms with van der Waals surface area (Å²) < 4.78 is 36.9. The molecule has 1 heterocycles. The first kappa shape index (κ1) is 10.0. The molecule has 0 aliphatic carbocycles. The SMILES string of the molecule is OC(c1cccc2cc[nH]c12)C(F)(F)F. The molecule has 2 N–H and O–H groups in total. The molecule has 15 heavy (non-hydrogen) atoms. The number of aromatic nitrogens is 1. The van der Waals surface area contributed by atoms with Crippen LogP contribution in [0.4, 0.5) is 13.2 Å². The van der Waals surface area contributed by atoms with E-state index < -0.39 is 12.3 Å². The predicted molar refractivity (Wildman–Crippen MR) is 49.3 cm³/mol. The highest BCUT2D eigenvalue weighted by atomic mass is 19.4. The number of nitrogens with one attached hydrogen (secondary N) is 1. The number of aliphatic hydroxyl groups excluding tert-OH is 1. The Morgan fingerprint density at radius 1 is 1.20 bits per heavy atom. The van der Waals surface area contributed by atoms with Crippen molar-refractivity contribution in [3.63, 3.8) is 0 Å². The van der Waals surface area contributed by atoms with Crippen LogP contribution in [0.5, 0.6) is 0 Å². The Morgan fingerprint density at radius 3 is 2.60 bits per heavy atom. The van der Waals surface area contributed by atoms with Crippen molar-refractivity contribution in [2.24, 2.45) is 0 Å². The molecule has 5 heteroatoms. The molecule has 1 unspecified atom stereocenters. The molecule has 2 rings (SSSR count). The molecule has 80 valence electrons. The van der Waals surface area contributed by atoms with Crippen molar-refractivity contribution < 1.29 is 18.3 Å². The molecule has 0 saturated carbocycles. The summed E-state index contributed by atoms with van der Waals surface area (Å²) in [4.78, 5) is 2.68. The summed E-state index contributed by atoms with van der Waals surface area (Å²) in [5.74, 6) is 0. The van der Waals surface area contributed by atoms with E-state index in [1.54, 1.807) is 12.1 Å². The minimum atomic E-state index is -4.64. The number of aliphatic hydroxyl groups is 1. The van der Waals surface area contributed by atoms with Crippen LogP contribution in [0.15, 0.2) is 30.5 Å². The summed E-state index contributed by atoms with van der Waals surface area (Å²) >= 11 is 0. The van der Waals surface area contributed by atoms with Crippen molar-refractivity contribution in [1.29, 1.82) is 0 Å². The number of H-pyrrole nitrogens is 1. The van der Waals surface area contributed by atoms with Crippen LogP contribution in [0.25, 0.3) is 10.9 Å². The van der Waals surface area contributed by atoms with Gasteiger partial charge in [-0.05, 0) is 11.5 Å². The Morgan fingerprint density at radius 2 is 1.93 bits per heavy atom. The molecule has 1 atom stereocenters. The van der Waals surface area contributed by atoms with Crippen LogP contribution in [0.2, 0.25) is 0 Å². The van der Waals surface area contributed by atoms with Gasteiger partial charge in [0.1, 0.15) is 0 Å². The number of alkyl halides is 3. The number of benzene rings is 1. The molecule has 0 aliphatic rings. The van der Waals surface area contributed by atoms with E-state index in [2.05, 4.69) is 4.98 Å². The van der Waals surface area contributed by atoms with Gasteiger partial charge >= 0.3 is 6.18 Å². The van der Waals surface area contributed by atoms with Gasteiger partial charge in [0.2, 0.25) is 0 Å². The van der Waals surface area contributed by atoms with Crippen LogP contribution < -0.4 is 0 Å². The van der Waals surface area contributed by atoms with E-state index in [0.717, 1.165) is 0 Å². The molecule has 0 radical (unpaired) electrons. The molecule has 0 saturated heterocycles. The number of rotatable bonds is 1. The molecule has 0 fully saturated rings. The van der Waals surface area contributed by atoms with E-state index in [9.17, 15) is 13.2 Å².